The van der Waals surface area contributed by atoms with E-state index < -0.39 is 0 Å². The fourth-order valence-corrected chi connectivity index (χ4v) is 5.38. The number of aromatic nitrogens is 4. The Morgan fingerprint density at radius 2 is 1.90 bits per heavy atom. The fraction of sp³-hybridized carbons (Fsp3) is 0.500. The van der Waals surface area contributed by atoms with Gasteiger partial charge in [0.1, 0.15) is 12.4 Å². The predicted octanol–water partition coefficient (Wildman–Crippen LogP) is 2.65. The molecular weight excluding hydrogens is 366 g/mol. The van der Waals surface area contributed by atoms with Gasteiger partial charge in [-0.2, -0.15) is 0 Å². The Balaban J connectivity index is 1.39. The van der Waals surface area contributed by atoms with E-state index >= 15 is 0 Å². The number of hydrogen-bond acceptors (Lipinski definition) is 4. The van der Waals surface area contributed by atoms with E-state index in [1.54, 1.807) is 23.9 Å². The Kier molecular flexibility index (Phi) is 4.24. The van der Waals surface area contributed by atoms with Gasteiger partial charge < -0.3 is 13.8 Å². The van der Waals surface area contributed by atoms with E-state index in [9.17, 15) is 4.79 Å². The van der Waals surface area contributed by atoms with E-state index in [2.05, 4.69) is 29.1 Å². The summed E-state index contributed by atoms with van der Waals surface area (Å²) in [6.45, 7) is 0.355. The summed E-state index contributed by atoms with van der Waals surface area (Å²) in [7, 11) is 6.51. The van der Waals surface area contributed by atoms with Crippen molar-refractivity contribution in [3.05, 3.63) is 52.6 Å². The van der Waals surface area contributed by atoms with Crippen molar-refractivity contribution in [3.63, 3.8) is 0 Å². The number of hydrogen-bond donors (Lipinski definition) is 0. The second-order valence-electron chi connectivity index (χ2n) is 9.02. The molecule has 0 amide bonds. The number of quaternary nitrogens is 1. The van der Waals surface area contributed by atoms with Gasteiger partial charge in [-0.3, -0.25) is 4.79 Å². The van der Waals surface area contributed by atoms with Gasteiger partial charge in [0.15, 0.2) is 0 Å². The molecule has 3 aromatic rings. The Bertz CT molecular complexity index is 1100. The topological polar surface area (TPSA) is 61.9 Å². The highest BCUT2D eigenvalue weighted by atomic mass is 16.5. The molecule has 2 bridgehead atoms. The molecule has 2 aliphatic rings. The first kappa shape index (κ1) is 18.4. The van der Waals surface area contributed by atoms with E-state index in [0.29, 0.717) is 30.5 Å². The van der Waals surface area contributed by atoms with Crippen LogP contribution in [0.2, 0.25) is 0 Å². The summed E-state index contributed by atoms with van der Waals surface area (Å²) < 4.78 is 11.0. The maximum atomic E-state index is 12.3. The number of ether oxygens (including phenoxy) is 1. The number of nitrogens with zero attached hydrogens (tertiary/aromatic N) is 5. The summed E-state index contributed by atoms with van der Waals surface area (Å²) in [4.78, 5) is 12.3. The summed E-state index contributed by atoms with van der Waals surface area (Å²) in [5, 5.41) is 9.51. The van der Waals surface area contributed by atoms with Gasteiger partial charge in [0.25, 0.3) is 5.56 Å². The largest absolute Gasteiger partial charge is 0.486 e. The molecule has 152 valence electrons. The van der Waals surface area contributed by atoms with Crippen molar-refractivity contribution in [2.75, 3.05) is 14.1 Å². The maximum absolute atomic E-state index is 12.3. The fourth-order valence-electron chi connectivity index (χ4n) is 5.38. The number of piperidine rings is 1. The molecule has 0 saturated carbocycles. The molecule has 2 saturated heterocycles. The molecule has 5 rings (SSSR count). The van der Waals surface area contributed by atoms with Crippen molar-refractivity contribution >= 4 is 10.9 Å². The van der Waals surface area contributed by atoms with Crippen LogP contribution in [0.25, 0.3) is 10.9 Å². The van der Waals surface area contributed by atoms with Crippen molar-refractivity contribution in [2.24, 2.45) is 7.05 Å². The highest BCUT2D eigenvalue weighted by molar-refractivity contribution is 5.85. The first-order chi connectivity index (χ1) is 13.9. The van der Waals surface area contributed by atoms with Crippen LogP contribution < -0.4 is 10.3 Å². The molecule has 2 aliphatic heterocycles. The molecule has 1 aromatic carbocycles. The van der Waals surface area contributed by atoms with Crippen LogP contribution in [-0.4, -0.2) is 50.2 Å². The van der Waals surface area contributed by atoms with Gasteiger partial charge in [-0.05, 0) is 12.1 Å². The van der Waals surface area contributed by atoms with E-state index in [1.807, 2.05) is 24.3 Å². The second-order valence-corrected chi connectivity index (χ2v) is 9.02. The molecular formula is C22H28N5O2+. The molecule has 0 aliphatic carbocycles. The van der Waals surface area contributed by atoms with Gasteiger partial charge in [0.05, 0.1) is 49.6 Å². The summed E-state index contributed by atoms with van der Waals surface area (Å²) in [5.74, 6) is 0.609. The molecule has 29 heavy (non-hydrogen) atoms. The summed E-state index contributed by atoms with van der Waals surface area (Å²) in [6, 6.07) is 11.1. The van der Waals surface area contributed by atoms with Crippen LogP contribution in [-0.2, 0) is 13.7 Å². The third kappa shape index (κ3) is 2.95. The standard InChI is InChI=1S/C22H28N5O2/c1-25-20-7-5-4-6-19(20)21(12-22(25)28)29-14-16-13-23-24-26(16)15-10-17-8-9-18(11-15)27(17,2)3/h4-7,12-13,15,17-18H,8-11,14H2,1-3H3/q+1/t15?,17-,18+. The molecule has 4 heterocycles. The van der Waals surface area contributed by atoms with Crippen molar-refractivity contribution in [1.82, 2.24) is 19.6 Å². The Morgan fingerprint density at radius 3 is 2.66 bits per heavy atom. The van der Waals surface area contributed by atoms with Crippen LogP contribution in [0, 0.1) is 0 Å². The van der Waals surface area contributed by atoms with Crippen LogP contribution in [0.15, 0.2) is 41.3 Å². The third-order valence-electron chi connectivity index (χ3n) is 7.29. The number of benzene rings is 1. The normalized spacial score (nSPS) is 25.4. The van der Waals surface area contributed by atoms with Crippen molar-refractivity contribution in [1.29, 1.82) is 0 Å². The molecule has 2 aromatic heterocycles. The van der Waals surface area contributed by atoms with E-state index in [-0.39, 0.29) is 5.56 Å². The Labute approximate surface area is 170 Å². The lowest BCUT2D eigenvalue weighted by atomic mass is 9.95. The van der Waals surface area contributed by atoms with E-state index in [0.717, 1.165) is 33.9 Å². The zero-order valence-corrected chi connectivity index (χ0v) is 17.3. The predicted molar refractivity (Wildman–Crippen MR) is 111 cm³/mol. The lowest BCUT2D eigenvalue weighted by molar-refractivity contribution is -0.931. The van der Waals surface area contributed by atoms with Gasteiger partial charge >= 0.3 is 0 Å². The molecule has 7 nitrogen and oxygen atoms in total. The highest BCUT2D eigenvalue weighted by Crippen LogP contribution is 2.44. The molecule has 3 atom stereocenters. The zero-order valence-electron chi connectivity index (χ0n) is 17.3. The minimum absolute atomic E-state index is 0.0748. The van der Waals surface area contributed by atoms with Crippen LogP contribution >= 0.6 is 0 Å². The summed E-state index contributed by atoms with van der Waals surface area (Å²) in [6.07, 6.45) is 6.66. The van der Waals surface area contributed by atoms with Gasteiger partial charge in [-0.1, -0.05) is 17.3 Å². The maximum Gasteiger partial charge on any atom is 0.254 e. The first-order valence-corrected chi connectivity index (χ1v) is 10.4. The molecule has 2 fully saturated rings. The first-order valence-electron chi connectivity index (χ1n) is 10.4. The smallest absolute Gasteiger partial charge is 0.254 e. The van der Waals surface area contributed by atoms with Crippen LogP contribution in [0.3, 0.4) is 0 Å². The minimum Gasteiger partial charge on any atom is -0.486 e. The van der Waals surface area contributed by atoms with Crippen molar-refractivity contribution in [3.8, 4) is 5.75 Å². The molecule has 0 spiro atoms. The lowest BCUT2D eigenvalue weighted by Gasteiger charge is -2.44. The van der Waals surface area contributed by atoms with E-state index in [1.165, 1.54) is 12.8 Å². The van der Waals surface area contributed by atoms with Crippen molar-refractivity contribution < 1.29 is 9.22 Å². The minimum atomic E-state index is -0.0748. The molecule has 0 N–H and O–H groups in total. The monoisotopic (exact) mass is 394 g/mol. The van der Waals surface area contributed by atoms with Crippen LogP contribution in [0.1, 0.15) is 37.4 Å². The molecule has 1 unspecified atom stereocenters. The van der Waals surface area contributed by atoms with Gasteiger partial charge in [-0.25, -0.2) is 4.68 Å². The van der Waals surface area contributed by atoms with E-state index in [4.69, 9.17) is 4.74 Å². The van der Waals surface area contributed by atoms with Crippen LogP contribution in [0.5, 0.6) is 5.75 Å². The number of fused-ring (bicyclic) bond motifs is 3. The highest BCUT2D eigenvalue weighted by Gasteiger charge is 2.49. The summed E-state index contributed by atoms with van der Waals surface area (Å²) >= 11 is 0. The summed E-state index contributed by atoms with van der Waals surface area (Å²) in [5.41, 5.74) is 1.76. The Hall–Kier alpha value is -2.67. The zero-order chi connectivity index (χ0) is 20.2. The molecule has 7 heteroatoms. The molecule has 0 radical (unpaired) electrons. The number of para-hydroxylation sites is 1. The average molecular weight is 394 g/mol. The lowest BCUT2D eigenvalue weighted by Crippen LogP contribution is -2.54. The number of aryl methyl sites for hydroxylation is 1. The Morgan fingerprint density at radius 1 is 1.17 bits per heavy atom. The second kappa shape index (κ2) is 6.69. The van der Waals surface area contributed by atoms with Crippen molar-refractivity contribution in [2.45, 2.75) is 50.4 Å². The quantitative estimate of drug-likeness (QED) is 0.639. The average Bonchev–Trinajstić information content (AvgIpc) is 3.19. The van der Waals surface area contributed by atoms with Gasteiger partial charge in [0.2, 0.25) is 0 Å². The van der Waals surface area contributed by atoms with Crippen LogP contribution in [0.4, 0.5) is 0 Å². The van der Waals surface area contributed by atoms with Gasteiger partial charge in [0, 0.05) is 44.2 Å². The van der Waals surface area contributed by atoms with Gasteiger partial charge in [-0.15, -0.1) is 5.10 Å². The SMILES string of the molecule is Cn1c(=O)cc(OCc2cnnn2C2C[C@H]3CC[C@@H](C2)[N+]3(C)C)c2ccccc21. The number of rotatable bonds is 4. The third-order valence-corrected chi connectivity index (χ3v) is 7.29. The number of pyridine rings is 1.